The number of anilines is 1. The predicted molar refractivity (Wildman–Crippen MR) is 95.8 cm³/mol. The molecule has 6 heteroatoms. The maximum Gasteiger partial charge on any atom is 0.183 e. The maximum atomic E-state index is 5.57. The minimum Gasteiger partial charge on any atom is -0.497 e. The fraction of sp³-hybridized carbons (Fsp3) is 0.235. The molecule has 0 bridgehead atoms. The second kappa shape index (κ2) is 6.34. The molecule has 0 aliphatic carbocycles. The average Bonchev–Trinajstić information content (AvgIpc) is 3.17. The van der Waals surface area contributed by atoms with Crippen LogP contribution in [0.15, 0.2) is 36.4 Å². The van der Waals surface area contributed by atoms with Crippen molar-refractivity contribution in [1.82, 2.24) is 9.55 Å². The van der Waals surface area contributed by atoms with Gasteiger partial charge < -0.3 is 19.4 Å². The molecule has 0 unspecified atom stereocenters. The van der Waals surface area contributed by atoms with Crippen LogP contribution in [0.4, 0.5) is 5.13 Å². The highest BCUT2D eigenvalue weighted by Crippen LogP contribution is 2.40. The van der Waals surface area contributed by atoms with Crippen molar-refractivity contribution >= 4 is 27.4 Å². The minimum absolute atomic E-state index is 0.697. The number of rotatable bonds is 6. The van der Waals surface area contributed by atoms with Crippen LogP contribution in [-0.2, 0) is 7.05 Å². The monoisotopic (exact) mass is 329 g/mol. The first kappa shape index (κ1) is 15.4. The van der Waals surface area contributed by atoms with Crippen LogP contribution in [0, 0.1) is 0 Å². The highest BCUT2D eigenvalue weighted by atomic mass is 32.1. The van der Waals surface area contributed by atoms with Gasteiger partial charge in [-0.1, -0.05) is 6.08 Å². The number of thiazole rings is 1. The number of hydrogen-bond donors (Lipinski definition) is 1. The number of fused-ring (bicyclic) bond motifs is 1. The van der Waals surface area contributed by atoms with Crippen LogP contribution in [0.5, 0.6) is 11.5 Å². The van der Waals surface area contributed by atoms with Crippen LogP contribution in [0.2, 0.25) is 0 Å². The second-order valence-corrected chi connectivity index (χ2v) is 5.94. The van der Waals surface area contributed by atoms with Crippen molar-refractivity contribution in [2.75, 3.05) is 26.1 Å². The molecule has 2 aromatic heterocycles. The van der Waals surface area contributed by atoms with E-state index in [2.05, 4.69) is 27.6 Å². The predicted octanol–water partition coefficient (Wildman–Crippen LogP) is 3.92. The van der Waals surface area contributed by atoms with E-state index in [9.17, 15) is 0 Å². The zero-order chi connectivity index (χ0) is 16.4. The number of ether oxygens (including phenoxy) is 2. The van der Waals surface area contributed by atoms with E-state index in [-0.39, 0.29) is 0 Å². The Morgan fingerprint density at radius 2 is 2.17 bits per heavy atom. The molecule has 1 aromatic carbocycles. The van der Waals surface area contributed by atoms with Crippen LogP contribution in [-0.4, -0.2) is 30.3 Å². The summed E-state index contributed by atoms with van der Waals surface area (Å²) in [5, 5.41) is 7.18. The van der Waals surface area contributed by atoms with Crippen molar-refractivity contribution in [3.05, 3.63) is 36.4 Å². The van der Waals surface area contributed by atoms with Gasteiger partial charge in [0.1, 0.15) is 11.5 Å². The number of aromatic nitrogens is 2. The van der Waals surface area contributed by atoms with E-state index in [4.69, 9.17) is 9.47 Å². The lowest BCUT2D eigenvalue weighted by atomic mass is 10.1. The summed E-state index contributed by atoms with van der Waals surface area (Å²) < 4.78 is 13.0. The van der Waals surface area contributed by atoms with E-state index in [1.54, 1.807) is 25.6 Å². The summed E-state index contributed by atoms with van der Waals surface area (Å²) in [5.74, 6) is 1.55. The number of benzene rings is 1. The summed E-state index contributed by atoms with van der Waals surface area (Å²) in [6.07, 6.45) is 3.88. The number of methoxy groups -OCH3 is 2. The van der Waals surface area contributed by atoms with Gasteiger partial charge >= 0.3 is 0 Å². The van der Waals surface area contributed by atoms with Gasteiger partial charge in [-0.05, 0) is 0 Å². The van der Waals surface area contributed by atoms with E-state index < -0.39 is 0 Å². The number of nitrogens with one attached hydrogen (secondary N) is 1. The molecule has 0 aliphatic rings. The molecule has 2 heterocycles. The van der Waals surface area contributed by atoms with E-state index in [1.165, 1.54) is 0 Å². The first-order valence-corrected chi connectivity index (χ1v) is 8.07. The number of hydrogen-bond acceptors (Lipinski definition) is 5. The van der Waals surface area contributed by atoms with Gasteiger partial charge in [-0.15, -0.1) is 17.9 Å². The fourth-order valence-electron chi connectivity index (χ4n) is 2.56. The zero-order valence-corrected chi connectivity index (χ0v) is 14.2. The third-order valence-corrected chi connectivity index (χ3v) is 4.46. The maximum absolute atomic E-state index is 5.57. The number of nitrogens with zero attached hydrogens (tertiary/aromatic N) is 2. The molecule has 0 saturated carbocycles. The summed E-state index contributed by atoms with van der Waals surface area (Å²) in [6.45, 7) is 4.40. The van der Waals surface area contributed by atoms with Crippen molar-refractivity contribution < 1.29 is 9.47 Å². The largest absolute Gasteiger partial charge is 0.497 e. The smallest absolute Gasteiger partial charge is 0.183 e. The highest BCUT2D eigenvalue weighted by Gasteiger charge is 2.17. The van der Waals surface area contributed by atoms with E-state index in [0.717, 1.165) is 38.8 Å². The average molecular weight is 329 g/mol. The minimum atomic E-state index is 0.697. The van der Waals surface area contributed by atoms with Crippen molar-refractivity contribution in [3.8, 4) is 22.8 Å². The quantitative estimate of drug-likeness (QED) is 0.697. The molecule has 0 amide bonds. The molecule has 3 rings (SSSR count). The van der Waals surface area contributed by atoms with Gasteiger partial charge in [0.15, 0.2) is 5.13 Å². The fourth-order valence-corrected chi connectivity index (χ4v) is 3.28. The molecule has 3 aromatic rings. The zero-order valence-electron chi connectivity index (χ0n) is 13.4. The van der Waals surface area contributed by atoms with Gasteiger partial charge in [-0.2, -0.15) is 0 Å². The normalized spacial score (nSPS) is 10.7. The van der Waals surface area contributed by atoms with Gasteiger partial charge in [0, 0.05) is 42.9 Å². The Hall–Kier alpha value is -2.47. The van der Waals surface area contributed by atoms with E-state index >= 15 is 0 Å². The van der Waals surface area contributed by atoms with Crippen molar-refractivity contribution in [1.29, 1.82) is 0 Å². The summed E-state index contributed by atoms with van der Waals surface area (Å²) in [6, 6.07) is 3.90. The lowest BCUT2D eigenvalue weighted by Gasteiger charge is -2.07. The first-order valence-electron chi connectivity index (χ1n) is 7.19. The van der Waals surface area contributed by atoms with Gasteiger partial charge in [0.25, 0.3) is 0 Å². The standard InChI is InChI=1S/C17H19N3O2S/c1-5-6-18-17-19-13(10-23-17)12-9-20(2)14-7-11(21-3)8-15(22-4)16(12)14/h5,7-10H,1,6H2,2-4H3,(H,18,19). The Kier molecular flexibility index (Phi) is 4.25. The van der Waals surface area contributed by atoms with Crippen LogP contribution in [0.1, 0.15) is 0 Å². The van der Waals surface area contributed by atoms with Crippen LogP contribution < -0.4 is 14.8 Å². The van der Waals surface area contributed by atoms with Crippen molar-refractivity contribution in [2.24, 2.45) is 7.05 Å². The Labute approximate surface area is 139 Å². The highest BCUT2D eigenvalue weighted by molar-refractivity contribution is 7.14. The SMILES string of the molecule is C=CCNc1nc(-c2cn(C)c3cc(OC)cc(OC)c23)cs1. The van der Waals surface area contributed by atoms with Gasteiger partial charge in [0.2, 0.25) is 0 Å². The summed E-state index contributed by atoms with van der Waals surface area (Å²) in [5.41, 5.74) is 3.02. The second-order valence-electron chi connectivity index (χ2n) is 5.08. The third kappa shape index (κ3) is 2.77. The molecule has 0 aliphatic heterocycles. The van der Waals surface area contributed by atoms with Gasteiger partial charge in [0.05, 0.1) is 30.8 Å². The van der Waals surface area contributed by atoms with Gasteiger partial charge in [-0.25, -0.2) is 4.98 Å². The molecule has 1 N–H and O–H groups in total. The topological polar surface area (TPSA) is 48.3 Å². The third-order valence-electron chi connectivity index (χ3n) is 3.66. The lowest BCUT2D eigenvalue weighted by Crippen LogP contribution is -1.96. The van der Waals surface area contributed by atoms with Crippen LogP contribution in [0.25, 0.3) is 22.2 Å². The molecule has 0 fully saturated rings. The van der Waals surface area contributed by atoms with Crippen molar-refractivity contribution in [2.45, 2.75) is 0 Å². The summed E-state index contributed by atoms with van der Waals surface area (Å²) in [4.78, 5) is 4.66. The number of aryl methyl sites for hydroxylation is 1. The van der Waals surface area contributed by atoms with E-state index in [0.29, 0.717) is 6.54 Å². The molecule has 0 spiro atoms. The Bertz CT molecular complexity index is 851. The summed E-state index contributed by atoms with van der Waals surface area (Å²) in [7, 11) is 5.33. The molecule has 23 heavy (non-hydrogen) atoms. The Morgan fingerprint density at radius 3 is 2.87 bits per heavy atom. The van der Waals surface area contributed by atoms with Crippen LogP contribution in [0.3, 0.4) is 0 Å². The van der Waals surface area contributed by atoms with Gasteiger partial charge in [-0.3, -0.25) is 0 Å². The molecule has 0 atom stereocenters. The molecule has 0 saturated heterocycles. The molecule has 120 valence electrons. The molecule has 5 nitrogen and oxygen atoms in total. The molecular formula is C17H19N3O2S. The van der Waals surface area contributed by atoms with Crippen molar-refractivity contribution in [3.63, 3.8) is 0 Å². The molecular weight excluding hydrogens is 310 g/mol. The first-order chi connectivity index (χ1) is 11.2. The lowest BCUT2D eigenvalue weighted by molar-refractivity contribution is 0.398. The Morgan fingerprint density at radius 1 is 1.35 bits per heavy atom. The molecule has 0 radical (unpaired) electrons. The van der Waals surface area contributed by atoms with E-state index in [1.807, 2.05) is 30.6 Å². The Balaban J connectivity index is 2.14. The summed E-state index contributed by atoms with van der Waals surface area (Å²) >= 11 is 1.58. The van der Waals surface area contributed by atoms with Crippen LogP contribution >= 0.6 is 11.3 Å².